The minimum atomic E-state index is 0.659. The molecule has 0 amide bonds. The summed E-state index contributed by atoms with van der Waals surface area (Å²) in [6.07, 6.45) is 0. The predicted molar refractivity (Wildman–Crippen MR) is 83.3 cm³/mol. The minimum absolute atomic E-state index is 0.659. The van der Waals surface area contributed by atoms with Gasteiger partial charge >= 0.3 is 0 Å². The third-order valence-electron chi connectivity index (χ3n) is 3.10. The van der Waals surface area contributed by atoms with Crippen molar-refractivity contribution >= 4 is 22.6 Å². The van der Waals surface area contributed by atoms with Gasteiger partial charge in [-0.1, -0.05) is 17.3 Å². The van der Waals surface area contributed by atoms with Crippen molar-refractivity contribution in [1.29, 1.82) is 0 Å². The van der Waals surface area contributed by atoms with Gasteiger partial charge in [-0.25, -0.2) is 4.99 Å². The third-order valence-corrected chi connectivity index (χ3v) is 3.10. The molecule has 5 nitrogen and oxygen atoms in total. The zero-order valence-corrected chi connectivity index (χ0v) is 12.0. The van der Waals surface area contributed by atoms with Gasteiger partial charge in [0.05, 0.1) is 17.8 Å². The molecule has 0 aliphatic rings. The number of nitrogens with zero attached hydrogens (tertiary/aromatic N) is 4. The van der Waals surface area contributed by atoms with Crippen molar-refractivity contribution in [1.82, 2.24) is 15.0 Å². The Morgan fingerprint density at radius 3 is 2.67 bits per heavy atom. The maximum absolute atomic E-state index is 5.42. The van der Waals surface area contributed by atoms with Gasteiger partial charge in [-0.3, -0.25) is 0 Å². The standard InChI is InChI=1S/C16H16N4O/c1-3-21-14-10-8-13(9-11-14)17-12(2)20-16-7-5-4-6-15(16)18-19-20/h4-11H,3H2,1-2H3. The van der Waals surface area contributed by atoms with E-state index >= 15 is 0 Å². The van der Waals surface area contributed by atoms with E-state index in [0.29, 0.717) is 6.61 Å². The van der Waals surface area contributed by atoms with Crippen LogP contribution in [0, 0.1) is 0 Å². The predicted octanol–water partition coefficient (Wildman–Crippen LogP) is 3.43. The summed E-state index contributed by atoms with van der Waals surface area (Å²) in [5.74, 6) is 1.62. The largest absolute Gasteiger partial charge is 0.494 e. The van der Waals surface area contributed by atoms with Gasteiger partial charge < -0.3 is 4.74 Å². The molecule has 0 N–H and O–H groups in total. The highest BCUT2D eigenvalue weighted by Gasteiger charge is 2.05. The SMILES string of the molecule is CCOc1ccc(N=C(C)n2nnc3ccccc32)cc1. The molecule has 0 unspecified atom stereocenters. The van der Waals surface area contributed by atoms with Gasteiger partial charge in [-0.2, -0.15) is 4.68 Å². The van der Waals surface area contributed by atoms with E-state index < -0.39 is 0 Å². The number of fused-ring (bicyclic) bond motifs is 1. The number of ether oxygens (including phenoxy) is 1. The maximum Gasteiger partial charge on any atom is 0.129 e. The van der Waals surface area contributed by atoms with Crippen LogP contribution in [0.3, 0.4) is 0 Å². The average Bonchev–Trinajstić information content (AvgIpc) is 2.93. The lowest BCUT2D eigenvalue weighted by Gasteiger charge is -2.04. The number of rotatable bonds is 3. The zero-order chi connectivity index (χ0) is 14.7. The van der Waals surface area contributed by atoms with Crippen LogP contribution in [0.2, 0.25) is 0 Å². The van der Waals surface area contributed by atoms with Crippen LogP contribution in [0.1, 0.15) is 13.8 Å². The van der Waals surface area contributed by atoms with Crippen LogP contribution < -0.4 is 4.74 Å². The lowest BCUT2D eigenvalue weighted by atomic mass is 10.3. The van der Waals surface area contributed by atoms with E-state index in [0.717, 1.165) is 28.3 Å². The third kappa shape index (κ3) is 2.76. The molecule has 0 aliphatic heterocycles. The first kappa shape index (κ1) is 13.3. The zero-order valence-electron chi connectivity index (χ0n) is 12.0. The molecule has 1 heterocycles. The molecule has 1 aromatic heterocycles. The minimum Gasteiger partial charge on any atom is -0.494 e. The van der Waals surface area contributed by atoms with Gasteiger partial charge in [0.15, 0.2) is 0 Å². The summed E-state index contributed by atoms with van der Waals surface area (Å²) < 4.78 is 7.16. The fourth-order valence-corrected chi connectivity index (χ4v) is 2.13. The molecule has 0 atom stereocenters. The molecule has 5 heteroatoms. The molecule has 3 aromatic rings. The van der Waals surface area contributed by atoms with Gasteiger partial charge in [0, 0.05) is 0 Å². The molecule has 0 radical (unpaired) electrons. The first-order chi connectivity index (χ1) is 10.3. The van der Waals surface area contributed by atoms with Crippen LogP contribution in [-0.4, -0.2) is 27.4 Å². The second-order valence-corrected chi connectivity index (χ2v) is 4.58. The molecule has 0 bridgehead atoms. The summed E-state index contributed by atoms with van der Waals surface area (Å²) in [6.45, 7) is 4.54. The highest BCUT2D eigenvalue weighted by molar-refractivity contribution is 5.91. The van der Waals surface area contributed by atoms with E-state index in [1.54, 1.807) is 4.68 Å². The second kappa shape index (κ2) is 5.75. The molecule has 0 spiro atoms. The summed E-state index contributed by atoms with van der Waals surface area (Å²) >= 11 is 0. The van der Waals surface area contributed by atoms with Crippen LogP contribution >= 0.6 is 0 Å². The van der Waals surface area contributed by atoms with Gasteiger partial charge in [-0.15, -0.1) is 5.10 Å². The first-order valence-electron chi connectivity index (χ1n) is 6.87. The molecule has 0 saturated carbocycles. The molecule has 0 fully saturated rings. The van der Waals surface area contributed by atoms with Crippen LogP contribution in [-0.2, 0) is 0 Å². The van der Waals surface area contributed by atoms with Crippen molar-refractivity contribution in [3.63, 3.8) is 0 Å². The highest BCUT2D eigenvalue weighted by atomic mass is 16.5. The molecular weight excluding hydrogens is 264 g/mol. The summed E-state index contributed by atoms with van der Waals surface area (Å²) in [5, 5.41) is 8.28. The van der Waals surface area contributed by atoms with Gasteiger partial charge in [0.1, 0.15) is 17.1 Å². The number of hydrogen-bond donors (Lipinski definition) is 0. The number of hydrogen-bond acceptors (Lipinski definition) is 4. The summed E-state index contributed by atoms with van der Waals surface area (Å²) in [4.78, 5) is 4.57. The number of para-hydroxylation sites is 1. The average molecular weight is 280 g/mol. The lowest BCUT2D eigenvalue weighted by molar-refractivity contribution is 0.340. The molecule has 21 heavy (non-hydrogen) atoms. The van der Waals surface area contributed by atoms with E-state index in [1.807, 2.05) is 62.4 Å². The Morgan fingerprint density at radius 2 is 1.90 bits per heavy atom. The second-order valence-electron chi connectivity index (χ2n) is 4.58. The van der Waals surface area contributed by atoms with Crippen molar-refractivity contribution in [2.24, 2.45) is 4.99 Å². The van der Waals surface area contributed by atoms with Crippen LogP contribution in [0.4, 0.5) is 5.69 Å². The van der Waals surface area contributed by atoms with E-state index in [1.165, 1.54) is 0 Å². The molecular formula is C16H16N4O. The molecule has 0 aliphatic carbocycles. The monoisotopic (exact) mass is 280 g/mol. The van der Waals surface area contributed by atoms with Crippen molar-refractivity contribution in [2.45, 2.75) is 13.8 Å². The van der Waals surface area contributed by atoms with Crippen molar-refractivity contribution in [3.8, 4) is 5.75 Å². The van der Waals surface area contributed by atoms with E-state index in [4.69, 9.17) is 4.74 Å². The number of aliphatic imine (C=N–C) groups is 1. The van der Waals surface area contributed by atoms with Crippen LogP contribution in [0.5, 0.6) is 5.75 Å². The maximum atomic E-state index is 5.42. The van der Waals surface area contributed by atoms with Gasteiger partial charge in [0.25, 0.3) is 0 Å². The van der Waals surface area contributed by atoms with Crippen molar-refractivity contribution in [3.05, 3.63) is 48.5 Å². The lowest BCUT2D eigenvalue weighted by Crippen LogP contribution is -2.08. The Morgan fingerprint density at radius 1 is 1.14 bits per heavy atom. The number of benzene rings is 2. The summed E-state index contributed by atoms with van der Waals surface area (Å²) in [7, 11) is 0. The summed E-state index contributed by atoms with van der Waals surface area (Å²) in [6, 6.07) is 15.5. The molecule has 3 rings (SSSR count). The normalized spacial score (nSPS) is 11.8. The van der Waals surface area contributed by atoms with E-state index in [9.17, 15) is 0 Å². The van der Waals surface area contributed by atoms with Crippen LogP contribution in [0.15, 0.2) is 53.5 Å². The Kier molecular flexibility index (Phi) is 3.64. The molecule has 106 valence electrons. The van der Waals surface area contributed by atoms with Gasteiger partial charge in [0.2, 0.25) is 0 Å². The van der Waals surface area contributed by atoms with Crippen molar-refractivity contribution < 1.29 is 4.74 Å². The Hall–Kier alpha value is -2.69. The molecule has 2 aromatic carbocycles. The Labute approximate surface area is 122 Å². The Bertz CT molecular complexity index is 774. The highest BCUT2D eigenvalue weighted by Crippen LogP contribution is 2.19. The fraction of sp³-hybridized carbons (Fsp3) is 0.188. The summed E-state index contributed by atoms with van der Waals surface area (Å²) in [5.41, 5.74) is 2.67. The molecule has 0 saturated heterocycles. The fourth-order valence-electron chi connectivity index (χ4n) is 2.13. The van der Waals surface area contributed by atoms with E-state index in [2.05, 4.69) is 15.3 Å². The smallest absolute Gasteiger partial charge is 0.129 e. The Balaban J connectivity index is 1.91. The number of aromatic nitrogens is 3. The van der Waals surface area contributed by atoms with Crippen LogP contribution in [0.25, 0.3) is 11.0 Å². The topological polar surface area (TPSA) is 52.3 Å². The van der Waals surface area contributed by atoms with Gasteiger partial charge in [-0.05, 0) is 50.2 Å². The van der Waals surface area contributed by atoms with Crippen molar-refractivity contribution in [2.75, 3.05) is 6.61 Å². The first-order valence-corrected chi connectivity index (χ1v) is 6.87. The quantitative estimate of drug-likeness (QED) is 0.545. The van der Waals surface area contributed by atoms with E-state index in [-0.39, 0.29) is 0 Å².